The molecular weight excluding hydrogens is 308 g/mol. The van der Waals surface area contributed by atoms with E-state index in [1.165, 1.54) is 12.1 Å². The molecule has 6 nitrogen and oxygen atoms in total. The van der Waals surface area contributed by atoms with Crippen molar-refractivity contribution in [1.29, 1.82) is 0 Å². The van der Waals surface area contributed by atoms with Crippen LogP contribution >= 0.6 is 11.6 Å². The second kappa shape index (κ2) is 7.26. The van der Waals surface area contributed by atoms with Crippen LogP contribution in [-0.4, -0.2) is 30.4 Å². The first-order chi connectivity index (χ1) is 10.5. The molecule has 0 heterocycles. The fourth-order valence-corrected chi connectivity index (χ4v) is 1.96. The predicted octanol–water partition coefficient (Wildman–Crippen LogP) is 2.30. The Morgan fingerprint density at radius 3 is 2.68 bits per heavy atom. The Morgan fingerprint density at radius 2 is 2.05 bits per heavy atom. The normalized spacial score (nSPS) is 13.4. The molecule has 118 valence electrons. The minimum Gasteiger partial charge on any atom is -0.483 e. The lowest BCUT2D eigenvalue weighted by atomic mass is 10.1. The van der Waals surface area contributed by atoms with Gasteiger partial charge in [0, 0.05) is 17.5 Å². The number of imide groups is 1. The number of hydrogen-bond donors (Lipinski definition) is 2. The van der Waals surface area contributed by atoms with Crippen LogP contribution in [0.15, 0.2) is 18.2 Å². The van der Waals surface area contributed by atoms with Crippen molar-refractivity contribution in [2.75, 3.05) is 6.61 Å². The molecule has 0 aliphatic heterocycles. The van der Waals surface area contributed by atoms with Crippen LogP contribution in [0.4, 0.5) is 4.79 Å². The van der Waals surface area contributed by atoms with Crippen LogP contribution < -0.4 is 15.4 Å². The van der Waals surface area contributed by atoms with Crippen molar-refractivity contribution in [2.24, 2.45) is 0 Å². The number of carbonyl (C=O) groups is 3. The predicted molar refractivity (Wildman–Crippen MR) is 81.3 cm³/mol. The number of nitrogens with one attached hydrogen (secondary N) is 2. The van der Waals surface area contributed by atoms with Gasteiger partial charge < -0.3 is 10.1 Å². The van der Waals surface area contributed by atoms with Gasteiger partial charge in [-0.2, -0.15) is 0 Å². The second-order valence-electron chi connectivity index (χ2n) is 5.00. The largest absolute Gasteiger partial charge is 0.483 e. The van der Waals surface area contributed by atoms with Crippen molar-refractivity contribution in [3.8, 4) is 5.75 Å². The summed E-state index contributed by atoms with van der Waals surface area (Å²) in [5.41, 5.74) is 0.324. The summed E-state index contributed by atoms with van der Waals surface area (Å²) in [6, 6.07) is 4.24. The molecule has 0 saturated heterocycles. The number of urea groups is 1. The van der Waals surface area contributed by atoms with Gasteiger partial charge in [0.25, 0.3) is 5.91 Å². The third-order valence-electron chi connectivity index (χ3n) is 3.09. The van der Waals surface area contributed by atoms with Gasteiger partial charge in [-0.25, -0.2) is 4.79 Å². The standard InChI is InChI=1S/C15H17ClN2O4/c1-2-12(19)11-7-9(16)3-6-13(11)22-8-14(20)18-15(21)17-10-4-5-10/h3,6-7,10H,2,4-5,8H2,1H3,(H2,17,18,20,21). The van der Waals surface area contributed by atoms with Crippen LogP contribution in [0.1, 0.15) is 36.5 Å². The monoisotopic (exact) mass is 324 g/mol. The first kappa shape index (κ1) is 16.3. The minimum absolute atomic E-state index is 0.135. The molecule has 7 heteroatoms. The summed E-state index contributed by atoms with van der Waals surface area (Å²) < 4.78 is 5.33. The number of Topliss-reactive ketones (excluding diaryl/α,β-unsaturated/α-hetero) is 1. The Kier molecular flexibility index (Phi) is 5.38. The number of ether oxygens (including phenoxy) is 1. The van der Waals surface area contributed by atoms with Crippen LogP contribution in [0, 0.1) is 0 Å². The van der Waals surface area contributed by atoms with Crippen molar-refractivity contribution < 1.29 is 19.1 Å². The van der Waals surface area contributed by atoms with Crippen LogP contribution in [-0.2, 0) is 4.79 Å². The van der Waals surface area contributed by atoms with Gasteiger partial charge in [-0.3, -0.25) is 14.9 Å². The molecule has 0 radical (unpaired) electrons. The molecule has 1 aromatic carbocycles. The highest BCUT2D eigenvalue weighted by atomic mass is 35.5. The molecular formula is C15H17ClN2O4. The molecule has 1 aliphatic rings. The fraction of sp³-hybridized carbons (Fsp3) is 0.400. The zero-order valence-electron chi connectivity index (χ0n) is 12.1. The number of benzene rings is 1. The number of ketones is 1. The Hall–Kier alpha value is -2.08. The molecule has 2 N–H and O–H groups in total. The van der Waals surface area contributed by atoms with E-state index >= 15 is 0 Å². The van der Waals surface area contributed by atoms with Crippen molar-refractivity contribution >= 4 is 29.3 Å². The van der Waals surface area contributed by atoms with Crippen molar-refractivity contribution in [3.05, 3.63) is 28.8 Å². The molecule has 3 amide bonds. The number of hydrogen-bond acceptors (Lipinski definition) is 4. The molecule has 0 atom stereocenters. The number of halogens is 1. The van der Waals surface area contributed by atoms with Crippen molar-refractivity contribution in [3.63, 3.8) is 0 Å². The fourth-order valence-electron chi connectivity index (χ4n) is 1.79. The maximum Gasteiger partial charge on any atom is 0.321 e. The van der Waals surface area contributed by atoms with Gasteiger partial charge in [-0.05, 0) is 31.0 Å². The lowest BCUT2D eigenvalue weighted by Gasteiger charge is -2.11. The van der Waals surface area contributed by atoms with E-state index in [9.17, 15) is 14.4 Å². The Morgan fingerprint density at radius 1 is 1.32 bits per heavy atom. The maximum absolute atomic E-state index is 11.8. The highest BCUT2D eigenvalue weighted by Crippen LogP contribution is 2.24. The summed E-state index contributed by atoms with van der Waals surface area (Å²) in [5.74, 6) is -0.443. The summed E-state index contributed by atoms with van der Waals surface area (Å²) in [7, 11) is 0. The summed E-state index contributed by atoms with van der Waals surface area (Å²) in [5, 5.41) is 5.22. The highest BCUT2D eigenvalue weighted by molar-refractivity contribution is 6.31. The number of rotatable bonds is 6. The van der Waals surface area contributed by atoms with Crippen LogP contribution in [0.2, 0.25) is 5.02 Å². The van der Waals surface area contributed by atoms with Crippen molar-refractivity contribution in [2.45, 2.75) is 32.2 Å². The van der Waals surface area contributed by atoms with Gasteiger partial charge in [0.1, 0.15) is 5.75 Å². The average molecular weight is 325 g/mol. The Labute approximate surface area is 133 Å². The van der Waals surface area contributed by atoms with Gasteiger partial charge >= 0.3 is 6.03 Å². The van der Waals surface area contributed by atoms with E-state index in [0.29, 0.717) is 17.0 Å². The highest BCUT2D eigenvalue weighted by Gasteiger charge is 2.24. The first-order valence-electron chi connectivity index (χ1n) is 7.05. The van der Waals surface area contributed by atoms with Crippen LogP contribution in [0.25, 0.3) is 0 Å². The molecule has 1 saturated carbocycles. The van der Waals surface area contributed by atoms with Gasteiger partial charge in [0.2, 0.25) is 0 Å². The quantitative estimate of drug-likeness (QED) is 0.786. The van der Waals surface area contributed by atoms with Crippen LogP contribution in [0.5, 0.6) is 5.75 Å². The van der Waals surface area contributed by atoms with E-state index in [1.54, 1.807) is 13.0 Å². The molecule has 0 unspecified atom stereocenters. The summed E-state index contributed by atoms with van der Waals surface area (Å²) >= 11 is 5.86. The molecule has 22 heavy (non-hydrogen) atoms. The summed E-state index contributed by atoms with van der Waals surface area (Å²) in [4.78, 5) is 34.9. The molecule has 0 spiro atoms. The average Bonchev–Trinajstić information content (AvgIpc) is 3.28. The zero-order chi connectivity index (χ0) is 16.1. The SMILES string of the molecule is CCC(=O)c1cc(Cl)ccc1OCC(=O)NC(=O)NC1CC1. The summed E-state index contributed by atoms with van der Waals surface area (Å²) in [6.07, 6.45) is 2.17. The van der Waals surface area contributed by atoms with Gasteiger partial charge in [0.05, 0.1) is 5.56 Å². The van der Waals surface area contributed by atoms with Gasteiger partial charge in [-0.15, -0.1) is 0 Å². The number of amides is 3. The van der Waals surface area contributed by atoms with E-state index in [4.69, 9.17) is 16.3 Å². The third kappa shape index (κ3) is 4.73. The summed E-state index contributed by atoms with van der Waals surface area (Å²) in [6.45, 7) is 1.37. The van der Waals surface area contributed by atoms with E-state index in [2.05, 4.69) is 10.6 Å². The minimum atomic E-state index is -0.581. The zero-order valence-corrected chi connectivity index (χ0v) is 12.9. The molecule has 2 rings (SSSR count). The molecule has 1 aromatic rings. The third-order valence-corrected chi connectivity index (χ3v) is 3.32. The second-order valence-corrected chi connectivity index (χ2v) is 5.44. The van der Waals surface area contributed by atoms with E-state index in [0.717, 1.165) is 12.8 Å². The molecule has 0 bridgehead atoms. The van der Waals surface area contributed by atoms with E-state index in [-0.39, 0.29) is 24.2 Å². The molecule has 1 fully saturated rings. The lowest BCUT2D eigenvalue weighted by molar-refractivity contribution is -0.122. The van der Waals surface area contributed by atoms with E-state index in [1.807, 2.05) is 0 Å². The van der Waals surface area contributed by atoms with Gasteiger partial charge in [-0.1, -0.05) is 18.5 Å². The van der Waals surface area contributed by atoms with Crippen molar-refractivity contribution in [1.82, 2.24) is 10.6 Å². The number of carbonyl (C=O) groups excluding carboxylic acids is 3. The topological polar surface area (TPSA) is 84.5 Å². The first-order valence-corrected chi connectivity index (χ1v) is 7.43. The Balaban J connectivity index is 1.91. The van der Waals surface area contributed by atoms with Crippen LogP contribution in [0.3, 0.4) is 0 Å². The van der Waals surface area contributed by atoms with Gasteiger partial charge in [0.15, 0.2) is 12.4 Å². The smallest absolute Gasteiger partial charge is 0.321 e. The lowest BCUT2D eigenvalue weighted by Crippen LogP contribution is -2.42. The maximum atomic E-state index is 11.8. The molecule has 1 aliphatic carbocycles. The Bertz CT molecular complexity index is 599. The van der Waals surface area contributed by atoms with E-state index < -0.39 is 11.9 Å². The molecule has 0 aromatic heterocycles.